The molecule has 1 aliphatic rings. The number of hydrogen-bond donors (Lipinski definition) is 1. The fourth-order valence-corrected chi connectivity index (χ4v) is 3.92. The highest BCUT2D eigenvalue weighted by molar-refractivity contribution is 9.10. The Morgan fingerprint density at radius 3 is 2.68 bits per heavy atom. The molecule has 1 heterocycles. The molecule has 2 amide bonds. The predicted molar refractivity (Wildman–Crippen MR) is 109 cm³/mol. The average Bonchev–Trinajstić information content (AvgIpc) is 2.83. The molecule has 0 spiro atoms. The second kappa shape index (κ2) is 7.95. The van der Waals surface area contributed by atoms with Crippen LogP contribution in [0.1, 0.15) is 5.56 Å². The zero-order valence-corrected chi connectivity index (χ0v) is 16.2. The monoisotopic (exact) mass is 432 g/mol. The van der Waals surface area contributed by atoms with E-state index in [0.717, 1.165) is 10.0 Å². The number of thioether (sulfide) groups is 1. The van der Waals surface area contributed by atoms with Crippen molar-refractivity contribution in [1.29, 1.82) is 0 Å². The minimum absolute atomic E-state index is 0.102. The zero-order valence-electron chi connectivity index (χ0n) is 12.9. The third-order valence-corrected chi connectivity index (χ3v) is 5.25. The molecule has 0 unspecified atom stereocenters. The molecule has 3 rings (SSSR count). The van der Waals surface area contributed by atoms with Gasteiger partial charge in [0.1, 0.15) is 10.9 Å². The first-order chi connectivity index (χ1) is 12.0. The number of carbonyl (C=O) groups excluding carboxylic acids is 2. The second-order valence-electron chi connectivity index (χ2n) is 5.24. The Kier molecular flexibility index (Phi) is 5.67. The summed E-state index contributed by atoms with van der Waals surface area (Å²) in [7, 11) is 0. The maximum absolute atomic E-state index is 12.6. The lowest BCUT2D eigenvalue weighted by molar-refractivity contribution is -0.126. The Morgan fingerprint density at radius 2 is 1.96 bits per heavy atom. The molecule has 0 aliphatic carbocycles. The Morgan fingerprint density at radius 1 is 1.20 bits per heavy atom. The van der Waals surface area contributed by atoms with Gasteiger partial charge in [-0.25, -0.2) is 0 Å². The number of benzene rings is 2. The van der Waals surface area contributed by atoms with E-state index >= 15 is 0 Å². The van der Waals surface area contributed by atoms with Crippen LogP contribution < -0.4 is 5.32 Å². The number of rotatable bonds is 4. The maximum Gasteiger partial charge on any atom is 0.266 e. The topological polar surface area (TPSA) is 49.4 Å². The van der Waals surface area contributed by atoms with Crippen LogP contribution in [0.15, 0.2) is 64.0 Å². The van der Waals surface area contributed by atoms with Crippen LogP contribution in [-0.2, 0) is 9.59 Å². The van der Waals surface area contributed by atoms with E-state index in [4.69, 9.17) is 12.2 Å². The van der Waals surface area contributed by atoms with E-state index in [9.17, 15) is 9.59 Å². The molecule has 0 bridgehead atoms. The molecule has 0 atom stereocenters. The molecule has 1 aliphatic heterocycles. The van der Waals surface area contributed by atoms with Crippen LogP contribution in [0.5, 0.6) is 0 Å². The zero-order chi connectivity index (χ0) is 17.8. The Bertz CT molecular complexity index is 868. The summed E-state index contributed by atoms with van der Waals surface area (Å²) in [5.74, 6) is -0.538. The molecule has 1 saturated heterocycles. The Hall–Kier alpha value is -1.96. The van der Waals surface area contributed by atoms with Crippen LogP contribution in [0.4, 0.5) is 5.69 Å². The first-order valence-electron chi connectivity index (χ1n) is 7.39. The van der Waals surface area contributed by atoms with Gasteiger partial charge in [-0.15, -0.1) is 0 Å². The van der Waals surface area contributed by atoms with E-state index in [2.05, 4.69) is 21.2 Å². The summed E-state index contributed by atoms with van der Waals surface area (Å²) in [5.41, 5.74) is 1.58. The molecule has 0 saturated carbocycles. The molecule has 7 heteroatoms. The molecular formula is C18H13BrN2O2S2. The maximum atomic E-state index is 12.6. The summed E-state index contributed by atoms with van der Waals surface area (Å²) in [4.78, 5) is 26.6. The van der Waals surface area contributed by atoms with E-state index in [1.54, 1.807) is 18.2 Å². The summed E-state index contributed by atoms with van der Waals surface area (Å²) in [6.07, 6.45) is 1.78. The normalized spacial score (nSPS) is 15.7. The lowest BCUT2D eigenvalue weighted by Gasteiger charge is -2.14. The number of anilines is 1. The van der Waals surface area contributed by atoms with Crippen molar-refractivity contribution in [3.05, 3.63) is 69.5 Å². The van der Waals surface area contributed by atoms with Gasteiger partial charge in [0.25, 0.3) is 5.91 Å². The molecule has 2 aromatic rings. The van der Waals surface area contributed by atoms with Gasteiger partial charge >= 0.3 is 0 Å². The van der Waals surface area contributed by atoms with Crippen LogP contribution in [0.2, 0.25) is 0 Å². The van der Waals surface area contributed by atoms with Crippen LogP contribution >= 0.6 is 39.9 Å². The van der Waals surface area contributed by atoms with Crippen molar-refractivity contribution in [2.24, 2.45) is 0 Å². The molecule has 0 radical (unpaired) electrons. The molecule has 1 fully saturated rings. The first-order valence-corrected chi connectivity index (χ1v) is 9.40. The summed E-state index contributed by atoms with van der Waals surface area (Å²) >= 11 is 9.87. The van der Waals surface area contributed by atoms with E-state index in [1.165, 1.54) is 16.7 Å². The third kappa shape index (κ3) is 4.56. The summed E-state index contributed by atoms with van der Waals surface area (Å²) < 4.78 is 1.31. The highest BCUT2D eigenvalue weighted by Crippen LogP contribution is 2.32. The number of halogens is 1. The molecule has 1 N–H and O–H groups in total. The van der Waals surface area contributed by atoms with E-state index in [0.29, 0.717) is 14.9 Å². The smallest absolute Gasteiger partial charge is 0.266 e. The van der Waals surface area contributed by atoms with Crippen molar-refractivity contribution in [2.75, 3.05) is 11.9 Å². The lowest BCUT2D eigenvalue weighted by Crippen LogP contribution is -2.36. The van der Waals surface area contributed by atoms with Crippen LogP contribution in [0.25, 0.3) is 6.08 Å². The number of hydrogen-bond acceptors (Lipinski definition) is 4. The van der Waals surface area contributed by atoms with Gasteiger partial charge in [0.2, 0.25) is 5.91 Å². The van der Waals surface area contributed by atoms with Crippen LogP contribution in [0, 0.1) is 0 Å². The van der Waals surface area contributed by atoms with Gasteiger partial charge < -0.3 is 5.32 Å². The predicted octanol–water partition coefficient (Wildman–Crippen LogP) is 4.29. The van der Waals surface area contributed by atoms with E-state index in [1.807, 2.05) is 42.5 Å². The van der Waals surface area contributed by atoms with Crippen molar-refractivity contribution < 1.29 is 9.59 Å². The van der Waals surface area contributed by atoms with Gasteiger partial charge in [-0.05, 0) is 35.9 Å². The number of thiocarbonyl (C=S) groups is 1. The van der Waals surface area contributed by atoms with Crippen LogP contribution in [0.3, 0.4) is 0 Å². The average molecular weight is 433 g/mol. The van der Waals surface area contributed by atoms with Gasteiger partial charge in [-0.2, -0.15) is 0 Å². The highest BCUT2D eigenvalue weighted by Gasteiger charge is 2.33. The fourth-order valence-electron chi connectivity index (χ4n) is 2.25. The van der Waals surface area contributed by atoms with E-state index in [-0.39, 0.29) is 18.4 Å². The second-order valence-corrected chi connectivity index (χ2v) is 7.83. The molecule has 25 heavy (non-hydrogen) atoms. The standard InChI is InChI=1S/C18H13BrN2O2S2/c19-13-6-4-5-12(9-13)10-15-17(23)21(18(24)25-15)11-16(22)20-14-7-2-1-3-8-14/h1-10H,11H2,(H,20,22). The van der Waals surface area contributed by atoms with Crippen molar-refractivity contribution in [3.8, 4) is 0 Å². The molecule has 4 nitrogen and oxygen atoms in total. The SMILES string of the molecule is O=C(CN1C(=O)C(=Cc2cccc(Br)c2)SC1=S)Nc1ccccc1. The molecular weight excluding hydrogens is 420 g/mol. The number of para-hydroxylation sites is 1. The van der Waals surface area contributed by atoms with Gasteiger partial charge in [0, 0.05) is 10.2 Å². The minimum Gasteiger partial charge on any atom is -0.325 e. The largest absolute Gasteiger partial charge is 0.325 e. The van der Waals surface area contributed by atoms with Gasteiger partial charge in [-0.3, -0.25) is 14.5 Å². The lowest BCUT2D eigenvalue weighted by atomic mass is 10.2. The van der Waals surface area contributed by atoms with Crippen molar-refractivity contribution in [1.82, 2.24) is 4.90 Å². The van der Waals surface area contributed by atoms with Gasteiger partial charge in [0.05, 0.1) is 4.91 Å². The number of nitrogens with zero attached hydrogens (tertiary/aromatic N) is 1. The Balaban J connectivity index is 1.70. The number of nitrogens with one attached hydrogen (secondary N) is 1. The van der Waals surface area contributed by atoms with Crippen molar-refractivity contribution in [3.63, 3.8) is 0 Å². The van der Waals surface area contributed by atoms with Crippen LogP contribution in [-0.4, -0.2) is 27.6 Å². The fraction of sp³-hybridized carbons (Fsp3) is 0.0556. The molecule has 2 aromatic carbocycles. The summed E-state index contributed by atoms with van der Waals surface area (Å²) in [6, 6.07) is 16.7. The number of carbonyl (C=O) groups is 2. The third-order valence-electron chi connectivity index (χ3n) is 3.38. The highest BCUT2D eigenvalue weighted by atomic mass is 79.9. The van der Waals surface area contributed by atoms with Crippen molar-refractivity contribution >= 4 is 67.8 Å². The van der Waals surface area contributed by atoms with Crippen molar-refractivity contribution in [2.45, 2.75) is 0 Å². The molecule has 126 valence electrons. The van der Waals surface area contributed by atoms with Gasteiger partial charge in [-0.1, -0.05) is 70.2 Å². The quantitative estimate of drug-likeness (QED) is 0.578. The number of amides is 2. The summed E-state index contributed by atoms with van der Waals surface area (Å²) in [5, 5.41) is 2.75. The van der Waals surface area contributed by atoms with Gasteiger partial charge in [0.15, 0.2) is 0 Å². The summed E-state index contributed by atoms with van der Waals surface area (Å²) in [6.45, 7) is -0.102. The molecule has 0 aromatic heterocycles. The first kappa shape index (κ1) is 17.8. The minimum atomic E-state index is -0.286. The Labute approximate surface area is 163 Å². The van der Waals surface area contributed by atoms with E-state index < -0.39 is 0 Å².